The second-order valence-corrected chi connectivity index (χ2v) is 6.14. The lowest BCUT2D eigenvalue weighted by Crippen LogP contribution is -2.36. The molecule has 0 spiro atoms. The zero-order chi connectivity index (χ0) is 15.7. The number of ether oxygens (including phenoxy) is 1. The van der Waals surface area contributed by atoms with Crippen molar-refractivity contribution < 1.29 is 9.53 Å². The molecule has 0 aromatic heterocycles. The van der Waals surface area contributed by atoms with Gasteiger partial charge in [-0.05, 0) is 43.0 Å². The van der Waals surface area contributed by atoms with Gasteiger partial charge in [-0.3, -0.25) is 4.79 Å². The van der Waals surface area contributed by atoms with Gasteiger partial charge in [0.05, 0.1) is 0 Å². The van der Waals surface area contributed by atoms with Gasteiger partial charge in [0.1, 0.15) is 11.2 Å². The summed E-state index contributed by atoms with van der Waals surface area (Å²) < 4.78 is 5.63. The van der Waals surface area contributed by atoms with Crippen LogP contribution in [0.25, 0.3) is 0 Å². The summed E-state index contributed by atoms with van der Waals surface area (Å²) in [4.78, 5) is 12.9. The first kappa shape index (κ1) is 14.8. The first-order valence-electron chi connectivity index (χ1n) is 7.99. The van der Waals surface area contributed by atoms with Crippen molar-refractivity contribution in [1.82, 2.24) is 0 Å². The third-order valence-electron chi connectivity index (χ3n) is 4.87. The van der Waals surface area contributed by atoms with E-state index in [-0.39, 0.29) is 5.97 Å². The number of benzene rings is 2. The average Bonchev–Trinajstić information content (AvgIpc) is 2.81. The Morgan fingerprint density at radius 3 is 2.50 bits per heavy atom. The van der Waals surface area contributed by atoms with E-state index in [1.165, 1.54) is 11.1 Å². The van der Waals surface area contributed by atoms with Crippen LogP contribution >= 0.6 is 0 Å². The van der Waals surface area contributed by atoms with Crippen LogP contribution in [-0.2, 0) is 10.2 Å². The number of hydrogen-bond acceptors (Lipinski definition) is 2. The molecule has 1 atom stereocenters. The number of carbonyl (C=O) groups is 1. The van der Waals surface area contributed by atoms with E-state index in [0.29, 0.717) is 5.75 Å². The molecule has 2 aromatic rings. The fraction of sp³-hybridized carbons (Fsp3) is 0.350. The lowest BCUT2D eigenvalue weighted by atomic mass is 9.70. The standard InChI is InChI=1S/C20H22O2/c1-4-5-13-20(16-11-8-9-14(2)15(16)3)17-10-6-7-12-18(17)22-19(20)21/h6-12H,4-5,13H2,1-3H3. The van der Waals surface area contributed by atoms with Crippen LogP contribution in [0.4, 0.5) is 0 Å². The summed E-state index contributed by atoms with van der Waals surface area (Å²) in [5, 5.41) is 0. The summed E-state index contributed by atoms with van der Waals surface area (Å²) in [7, 11) is 0. The Morgan fingerprint density at radius 2 is 1.73 bits per heavy atom. The summed E-state index contributed by atoms with van der Waals surface area (Å²) in [6.45, 7) is 6.36. The van der Waals surface area contributed by atoms with Gasteiger partial charge in [0, 0.05) is 5.56 Å². The SMILES string of the molecule is CCCCC1(c2cccc(C)c2C)C(=O)Oc2ccccc21. The van der Waals surface area contributed by atoms with Crippen LogP contribution in [0.15, 0.2) is 42.5 Å². The van der Waals surface area contributed by atoms with Crippen LogP contribution in [0.5, 0.6) is 5.75 Å². The van der Waals surface area contributed by atoms with Gasteiger partial charge < -0.3 is 4.74 Å². The van der Waals surface area contributed by atoms with Gasteiger partial charge in [0.15, 0.2) is 0 Å². The van der Waals surface area contributed by atoms with E-state index >= 15 is 0 Å². The number of esters is 1. The summed E-state index contributed by atoms with van der Waals surface area (Å²) in [5.41, 5.74) is 3.86. The fourth-order valence-electron chi connectivity index (χ4n) is 3.49. The van der Waals surface area contributed by atoms with Gasteiger partial charge in [-0.15, -0.1) is 0 Å². The minimum Gasteiger partial charge on any atom is -0.425 e. The Labute approximate surface area is 132 Å². The van der Waals surface area contributed by atoms with Gasteiger partial charge >= 0.3 is 5.97 Å². The highest BCUT2D eigenvalue weighted by molar-refractivity contribution is 5.94. The molecule has 3 rings (SSSR count). The Balaban J connectivity index is 2.26. The molecule has 0 N–H and O–H groups in total. The van der Waals surface area contributed by atoms with E-state index in [2.05, 4.69) is 32.9 Å². The van der Waals surface area contributed by atoms with Crippen molar-refractivity contribution in [1.29, 1.82) is 0 Å². The van der Waals surface area contributed by atoms with Gasteiger partial charge in [0.25, 0.3) is 0 Å². The predicted molar refractivity (Wildman–Crippen MR) is 88.3 cm³/mol. The number of carbonyl (C=O) groups excluding carboxylic acids is 1. The highest BCUT2D eigenvalue weighted by atomic mass is 16.5. The molecule has 0 saturated carbocycles. The molecule has 114 valence electrons. The van der Waals surface area contributed by atoms with E-state index in [1.807, 2.05) is 30.3 Å². The molecular formula is C20H22O2. The summed E-state index contributed by atoms with van der Waals surface area (Å²) in [6, 6.07) is 14.1. The molecule has 22 heavy (non-hydrogen) atoms. The topological polar surface area (TPSA) is 26.3 Å². The minimum atomic E-state index is -0.650. The number of hydrogen-bond donors (Lipinski definition) is 0. The van der Waals surface area contributed by atoms with Gasteiger partial charge in [-0.1, -0.05) is 56.2 Å². The van der Waals surface area contributed by atoms with Gasteiger partial charge in [0.2, 0.25) is 0 Å². The molecule has 1 aliphatic rings. The maximum atomic E-state index is 12.9. The van der Waals surface area contributed by atoms with Crippen molar-refractivity contribution in [3.63, 3.8) is 0 Å². The molecule has 1 heterocycles. The number of para-hydroxylation sites is 1. The Hall–Kier alpha value is -2.09. The zero-order valence-corrected chi connectivity index (χ0v) is 13.5. The highest BCUT2D eigenvalue weighted by Crippen LogP contribution is 2.48. The second kappa shape index (κ2) is 5.60. The van der Waals surface area contributed by atoms with Gasteiger partial charge in [-0.25, -0.2) is 0 Å². The molecule has 0 bridgehead atoms. The molecule has 0 fully saturated rings. The van der Waals surface area contributed by atoms with Crippen LogP contribution in [0.1, 0.15) is 48.4 Å². The van der Waals surface area contributed by atoms with Crippen LogP contribution in [0, 0.1) is 13.8 Å². The van der Waals surface area contributed by atoms with Crippen LogP contribution in [0.2, 0.25) is 0 Å². The van der Waals surface area contributed by atoms with E-state index in [4.69, 9.17) is 4.74 Å². The molecule has 0 amide bonds. The Morgan fingerprint density at radius 1 is 1.00 bits per heavy atom. The van der Waals surface area contributed by atoms with Crippen LogP contribution in [-0.4, -0.2) is 5.97 Å². The van der Waals surface area contributed by atoms with Crippen molar-refractivity contribution in [2.24, 2.45) is 0 Å². The molecule has 2 heteroatoms. The largest absolute Gasteiger partial charge is 0.425 e. The lowest BCUT2D eigenvalue weighted by Gasteiger charge is -2.29. The first-order valence-corrected chi connectivity index (χ1v) is 7.99. The normalized spacial score (nSPS) is 19.9. The second-order valence-electron chi connectivity index (χ2n) is 6.14. The van der Waals surface area contributed by atoms with Crippen LogP contribution < -0.4 is 4.74 Å². The van der Waals surface area contributed by atoms with Crippen LogP contribution in [0.3, 0.4) is 0 Å². The van der Waals surface area contributed by atoms with Gasteiger partial charge in [-0.2, -0.15) is 0 Å². The molecule has 1 unspecified atom stereocenters. The Kier molecular flexibility index (Phi) is 3.78. The van der Waals surface area contributed by atoms with Crippen molar-refractivity contribution in [3.05, 3.63) is 64.7 Å². The number of aryl methyl sites for hydroxylation is 1. The number of rotatable bonds is 4. The molecule has 0 radical (unpaired) electrons. The maximum Gasteiger partial charge on any atom is 0.326 e. The van der Waals surface area contributed by atoms with E-state index in [0.717, 1.165) is 30.4 Å². The fourth-order valence-corrected chi connectivity index (χ4v) is 3.49. The van der Waals surface area contributed by atoms with Crippen molar-refractivity contribution in [2.45, 2.75) is 45.4 Å². The molecule has 0 saturated heterocycles. The molecular weight excluding hydrogens is 272 g/mol. The third kappa shape index (κ3) is 2.06. The number of unbranched alkanes of at least 4 members (excludes halogenated alkanes) is 1. The summed E-state index contributed by atoms with van der Waals surface area (Å²) in [5.74, 6) is 0.584. The van der Waals surface area contributed by atoms with Crippen molar-refractivity contribution in [2.75, 3.05) is 0 Å². The monoisotopic (exact) mass is 294 g/mol. The van der Waals surface area contributed by atoms with E-state index < -0.39 is 5.41 Å². The third-order valence-corrected chi connectivity index (χ3v) is 4.87. The summed E-state index contributed by atoms with van der Waals surface area (Å²) >= 11 is 0. The van der Waals surface area contributed by atoms with E-state index in [1.54, 1.807) is 0 Å². The van der Waals surface area contributed by atoms with Crippen molar-refractivity contribution in [3.8, 4) is 5.75 Å². The smallest absolute Gasteiger partial charge is 0.326 e. The molecule has 0 aliphatic carbocycles. The van der Waals surface area contributed by atoms with E-state index in [9.17, 15) is 4.79 Å². The quantitative estimate of drug-likeness (QED) is 0.603. The predicted octanol–water partition coefficient (Wildman–Crippen LogP) is 4.70. The number of fused-ring (bicyclic) bond motifs is 1. The minimum absolute atomic E-state index is 0.129. The van der Waals surface area contributed by atoms with Crippen molar-refractivity contribution >= 4 is 5.97 Å². The highest BCUT2D eigenvalue weighted by Gasteiger charge is 2.50. The average molecular weight is 294 g/mol. The Bertz CT molecular complexity index is 717. The maximum absolute atomic E-state index is 12.9. The molecule has 2 nitrogen and oxygen atoms in total. The zero-order valence-electron chi connectivity index (χ0n) is 13.5. The molecule has 2 aromatic carbocycles. The first-order chi connectivity index (χ1) is 10.6. The molecule has 1 aliphatic heterocycles. The lowest BCUT2D eigenvalue weighted by molar-refractivity contribution is -0.137. The summed E-state index contributed by atoms with van der Waals surface area (Å²) in [6.07, 6.45) is 2.85.